The summed E-state index contributed by atoms with van der Waals surface area (Å²) >= 11 is 0. The van der Waals surface area contributed by atoms with Gasteiger partial charge in [0.15, 0.2) is 0 Å². The quantitative estimate of drug-likeness (QED) is 0.427. The molecule has 1 heterocycles. The molecule has 0 aliphatic carbocycles. The van der Waals surface area contributed by atoms with Gasteiger partial charge in [-0.25, -0.2) is 22.7 Å². The van der Waals surface area contributed by atoms with Crippen LogP contribution in [0.2, 0.25) is 0 Å². The number of hydrazine groups is 1. The summed E-state index contributed by atoms with van der Waals surface area (Å²) in [4.78, 5) is 13.9. The molecule has 174 valence electrons. The average molecular weight is 464 g/mol. The summed E-state index contributed by atoms with van der Waals surface area (Å²) in [6.45, 7) is 0.621. The number of primary sulfonamides is 1. The molecule has 32 heavy (non-hydrogen) atoms. The Hall–Kier alpha value is -2.53. The number of benzene rings is 2. The number of halogens is 1. The van der Waals surface area contributed by atoms with E-state index in [4.69, 9.17) is 5.14 Å². The van der Waals surface area contributed by atoms with E-state index in [1.807, 2.05) is 12.1 Å². The number of urea groups is 1. The molecule has 0 radical (unpaired) electrons. The molecule has 2 unspecified atom stereocenters. The Balaban J connectivity index is 1.31. The van der Waals surface area contributed by atoms with Crippen LogP contribution in [0.3, 0.4) is 0 Å². The Bertz CT molecular complexity index is 999. The molecule has 0 aromatic heterocycles. The highest BCUT2D eigenvalue weighted by atomic mass is 32.2. The van der Waals surface area contributed by atoms with E-state index in [9.17, 15) is 17.6 Å². The van der Waals surface area contributed by atoms with Crippen LogP contribution >= 0.6 is 0 Å². The maximum Gasteiger partial charge on any atom is 0.321 e. The molecule has 10 heteroatoms. The highest BCUT2D eigenvalue weighted by Gasteiger charge is 2.24. The number of nitrogens with one attached hydrogen (secondary N) is 3. The summed E-state index contributed by atoms with van der Waals surface area (Å²) < 4.78 is 35.6. The zero-order valence-corrected chi connectivity index (χ0v) is 18.9. The van der Waals surface area contributed by atoms with Crippen molar-refractivity contribution in [2.45, 2.75) is 49.1 Å². The van der Waals surface area contributed by atoms with Crippen molar-refractivity contribution < 1.29 is 17.6 Å². The molecular weight excluding hydrogens is 433 g/mol. The summed E-state index contributed by atoms with van der Waals surface area (Å²) in [5.74, 6) is -0.227. The van der Waals surface area contributed by atoms with Crippen molar-refractivity contribution in [2.24, 2.45) is 5.14 Å². The standard InChI is InChI=1S/C22H30FN5O3S/c1-28(22(29)25-18-10-12-20(13-11-18)32(24,30)31)14-4-2-3-5-19-15-21(27-26-19)16-6-8-17(23)9-7-16/h6-13,19,21,26-27H,2-5,14-15H2,1H3,(H,25,29)(H2,24,30,31). The van der Waals surface area contributed by atoms with Gasteiger partial charge in [-0.3, -0.25) is 10.9 Å². The van der Waals surface area contributed by atoms with Crippen molar-refractivity contribution in [3.05, 3.63) is 59.9 Å². The first-order chi connectivity index (χ1) is 15.2. The smallest absolute Gasteiger partial charge is 0.321 e. The van der Waals surface area contributed by atoms with Crippen molar-refractivity contribution >= 4 is 21.7 Å². The van der Waals surface area contributed by atoms with Crippen molar-refractivity contribution in [1.82, 2.24) is 15.8 Å². The third-order valence-electron chi connectivity index (χ3n) is 5.58. The summed E-state index contributed by atoms with van der Waals surface area (Å²) in [6, 6.07) is 12.6. The predicted molar refractivity (Wildman–Crippen MR) is 122 cm³/mol. The normalized spacial score (nSPS) is 18.5. The fourth-order valence-corrected chi connectivity index (χ4v) is 4.21. The number of carbonyl (C=O) groups is 1. The number of unbranched alkanes of at least 4 members (excludes halogenated alkanes) is 2. The molecule has 0 bridgehead atoms. The van der Waals surface area contributed by atoms with E-state index in [0.717, 1.165) is 37.7 Å². The minimum atomic E-state index is -3.75. The fraction of sp³-hybridized carbons (Fsp3) is 0.409. The maximum absolute atomic E-state index is 13.1. The fourth-order valence-electron chi connectivity index (χ4n) is 3.69. The molecule has 2 aromatic carbocycles. The van der Waals surface area contributed by atoms with E-state index >= 15 is 0 Å². The monoisotopic (exact) mass is 463 g/mol. The van der Waals surface area contributed by atoms with E-state index in [1.165, 1.54) is 36.4 Å². The van der Waals surface area contributed by atoms with Gasteiger partial charge in [0.1, 0.15) is 5.82 Å². The molecule has 3 rings (SSSR count). The average Bonchev–Trinajstić information content (AvgIpc) is 3.22. The number of rotatable bonds is 9. The van der Waals surface area contributed by atoms with Crippen molar-refractivity contribution in [3.63, 3.8) is 0 Å². The van der Waals surface area contributed by atoms with Crippen LogP contribution in [0.4, 0.5) is 14.9 Å². The van der Waals surface area contributed by atoms with E-state index in [0.29, 0.717) is 18.3 Å². The summed E-state index contributed by atoms with van der Waals surface area (Å²) in [5.41, 5.74) is 8.17. The number of amides is 2. The number of nitrogens with zero attached hydrogens (tertiary/aromatic N) is 1. The highest BCUT2D eigenvalue weighted by Crippen LogP contribution is 2.24. The van der Waals surface area contributed by atoms with E-state index in [1.54, 1.807) is 11.9 Å². The first-order valence-corrected chi connectivity index (χ1v) is 12.2. The van der Waals surface area contributed by atoms with Gasteiger partial charge in [0.25, 0.3) is 0 Å². The Kier molecular flexibility index (Phi) is 8.19. The van der Waals surface area contributed by atoms with Gasteiger partial charge >= 0.3 is 6.03 Å². The number of hydrogen-bond donors (Lipinski definition) is 4. The van der Waals surface area contributed by atoms with E-state index in [-0.39, 0.29) is 22.8 Å². The maximum atomic E-state index is 13.1. The van der Waals surface area contributed by atoms with Crippen LogP contribution in [-0.2, 0) is 10.0 Å². The van der Waals surface area contributed by atoms with Crippen LogP contribution in [0.5, 0.6) is 0 Å². The van der Waals surface area contributed by atoms with Crippen molar-refractivity contribution in [2.75, 3.05) is 18.9 Å². The molecule has 8 nitrogen and oxygen atoms in total. The van der Waals surface area contributed by atoms with Crippen LogP contribution in [-0.4, -0.2) is 39.0 Å². The number of nitrogens with two attached hydrogens (primary N) is 1. The second-order valence-corrected chi connectivity index (χ2v) is 9.66. The number of hydrogen-bond acceptors (Lipinski definition) is 5. The highest BCUT2D eigenvalue weighted by molar-refractivity contribution is 7.89. The Labute approximate surface area is 188 Å². The Morgan fingerprint density at radius 1 is 1.09 bits per heavy atom. The lowest BCUT2D eigenvalue weighted by atomic mass is 9.99. The zero-order chi connectivity index (χ0) is 23.1. The number of anilines is 1. The molecule has 1 saturated heterocycles. The van der Waals surface area contributed by atoms with Gasteiger partial charge in [0.05, 0.1) is 4.90 Å². The van der Waals surface area contributed by atoms with Crippen LogP contribution < -0.4 is 21.3 Å². The predicted octanol–water partition coefficient (Wildman–Crippen LogP) is 3.11. The molecule has 2 atom stereocenters. The second kappa shape index (κ2) is 10.9. The molecule has 1 aliphatic rings. The number of sulfonamides is 1. The first kappa shape index (κ1) is 24.1. The van der Waals surface area contributed by atoms with Gasteiger partial charge in [-0.1, -0.05) is 25.0 Å². The Morgan fingerprint density at radius 3 is 2.44 bits per heavy atom. The van der Waals surface area contributed by atoms with Crippen LogP contribution in [0.1, 0.15) is 43.7 Å². The van der Waals surface area contributed by atoms with E-state index in [2.05, 4.69) is 16.2 Å². The summed E-state index contributed by atoms with van der Waals surface area (Å²) in [5, 5.41) is 7.81. The van der Waals surface area contributed by atoms with Crippen LogP contribution in [0.15, 0.2) is 53.4 Å². The molecule has 1 fully saturated rings. The zero-order valence-electron chi connectivity index (χ0n) is 18.1. The largest absolute Gasteiger partial charge is 0.328 e. The SMILES string of the molecule is CN(CCCCCC1CC(c2ccc(F)cc2)NN1)C(=O)Nc1ccc(S(N)(=O)=O)cc1. The molecule has 0 saturated carbocycles. The third kappa shape index (κ3) is 6.99. The molecule has 1 aliphatic heterocycles. The lowest BCUT2D eigenvalue weighted by Gasteiger charge is -2.18. The van der Waals surface area contributed by atoms with Crippen LogP contribution in [0.25, 0.3) is 0 Å². The summed E-state index contributed by atoms with van der Waals surface area (Å²) in [6.07, 6.45) is 4.91. The topological polar surface area (TPSA) is 117 Å². The molecule has 2 amide bonds. The van der Waals surface area contributed by atoms with Gasteiger partial charge in [-0.2, -0.15) is 0 Å². The van der Waals surface area contributed by atoms with Gasteiger partial charge < -0.3 is 10.2 Å². The van der Waals surface area contributed by atoms with Crippen molar-refractivity contribution in [3.8, 4) is 0 Å². The minimum Gasteiger partial charge on any atom is -0.328 e. The first-order valence-electron chi connectivity index (χ1n) is 10.6. The molecule has 0 spiro atoms. The second-order valence-electron chi connectivity index (χ2n) is 8.10. The lowest BCUT2D eigenvalue weighted by Crippen LogP contribution is -2.32. The van der Waals surface area contributed by atoms with Gasteiger partial charge in [0.2, 0.25) is 10.0 Å². The van der Waals surface area contributed by atoms with E-state index < -0.39 is 10.0 Å². The Morgan fingerprint density at radius 2 is 1.78 bits per heavy atom. The van der Waals surface area contributed by atoms with Gasteiger partial charge in [0, 0.05) is 31.4 Å². The summed E-state index contributed by atoms with van der Waals surface area (Å²) in [7, 11) is -2.03. The minimum absolute atomic E-state index is 0.000192. The molecule has 5 N–H and O–H groups in total. The molecular formula is C22H30FN5O3S. The van der Waals surface area contributed by atoms with Gasteiger partial charge in [-0.15, -0.1) is 0 Å². The molecule has 2 aromatic rings. The van der Waals surface area contributed by atoms with Crippen molar-refractivity contribution in [1.29, 1.82) is 0 Å². The van der Waals surface area contributed by atoms with Gasteiger partial charge in [-0.05, 0) is 61.2 Å². The third-order valence-corrected chi connectivity index (χ3v) is 6.51. The number of carbonyl (C=O) groups excluding carboxylic acids is 1. The van der Waals surface area contributed by atoms with Crippen LogP contribution in [0, 0.1) is 5.82 Å². The lowest BCUT2D eigenvalue weighted by molar-refractivity contribution is 0.221.